The van der Waals surface area contributed by atoms with E-state index in [0.717, 1.165) is 29.6 Å². The van der Waals surface area contributed by atoms with E-state index in [1.54, 1.807) is 13.2 Å². The predicted molar refractivity (Wildman–Crippen MR) is 84.8 cm³/mol. The Bertz CT molecular complexity index is 690. The SMILES string of the molecule is COc1cccc(CNC(=O)CSc2ccc(C(F)(F)F)cn2)c1. The van der Waals surface area contributed by atoms with Gasteiger partial charge < -0.3 is 10.1 Å². The van der Waals surface area contributed by atoms with E-state index in [0.29, 0.717) is 17.3 Å². The second-order valence-electron chi connectivity index (χ2n) is 4.80. The lowest BCUT2D eigenvalue weighted by Crippen LogP contribution is -2.24. The van der Waals surface area contributed by atoms with Crippen LogP contribution in [-0.2, 0) is 17.5 Å². The Hall–Kier alpha value is -2.22. The molecule has 0 atom stereocenters. The van der Waals surface area contributed by atoms with Crippen LogP contribution in [0.4, 0.5) is 13.2 Å². The van der Waals surface area contributed by atoms with Gasteiger partial charge in [-0.05, 0) is 29.8 Å². The van der Waals surface area contributed by atoms with Crippen molar-refractivity contribution in [3.05, 3.63) is 53.7 Å². The molecule has 24 heavy (non-hydrogen) atoms. The summed E-state index contributed by atoms with van der Waals surface area (Å²) in [4.78, 5) is 15.5. The number of nitrogens with one attached hydrogen (secondary N) is 1. The standard InChI is InChI=1S/C16H15F3N2O2S/c1-23-13-4-2-3-11(7-13)8-20-14(22)10-24-15-6-5-12(9-21-15)16(17,18)19/h2-7,9H,8,10H2,1H3,(H,20,22). The molecule has 0 bridgehead atoms. The van der Waals surface area contributed by atoms with Crippen molar-refractivity contribution in [2.24, 2.45) is 0 Å². The summed E-state index contributed by atoms with van der Waals surface area (Å²) in [6, 6.07) is 9.49. The number of amides is 1. The van der Waals surface area contributed by atoms with Gasteiger partial charge in [-0.2, -0.15) is 13.2 Å². The summed E-state index contributed by atoms with van der Waals surface area (Å²) < 4.78 is 42.4. The lowest BCUT2D eigenvalue weighted by atomic mass is 10.2. The first kappa shape index (κ1) is 18.1. The molecule has 1 N–H and O–H groups in total. The number of thioether (sulfide) groups is 1. The molecule has 0 saturated carbocycles. The molecule has 1 amide bonds. The smallest absolute Gasteiger partial charge is 0.417 e. The molecule has 0 aliphatic heterocycles. The van der Waals surface area contributed by atoms with E-state index in [1.165, 1.54) is 6.07 Å². The van der Waals surface area contributed by atoms with E-state index in [2.05, 4.69) is 10.3 Å². The molecule has 4 nitrogen and oxygen atoms in total. The number of nitrogens with zero attached hydrogens (tertiary/aromatic N) is 1. The van der Waals surface area contributed by atoms with Crippen LogP contribution in [0.25, 0.3) is 0 Å². The first-order valence-corrected chi connectivity index (χ1v) is 7.93. The van der Waals surface area contributed by atoms with E-state index >= 15 is 0 Å². The number of hydrogen-bond donors (Lipinski definition) is 1. The van der Waals surface area contributed by atoms with Gasteiger partial charge in [0.1, 0.15) is 5.75 Å². The normalized spacial score (nSPS) is 11.2. The third-order valence-electron chi connectivity index (χ3n) is 3.04. The highest BCUT2D eigenvalue weighted by Crippen LogP contribution is 2.29. The minimum Gasteiger partial charge on any atom is -0.497 e. The number of methoxy groups -OCH3 is 1. The molecule has 8 heteroatoms. The second-order valence-corrected chi connectivity index (χ2v) is 5.80. The number of aromatic nitrogens is 1. The number of rotatable bonds is 6. The third-order valence-corrected chi connectivity index (χ3v) is 3.98. The third kappa shape index (κ3) is 5.45. The highest BCUT2D eigenvalue weighted by molar-refractivity contribution is 7.99. The second kappa shape index (κ2) is 8.05. The zero-order valence-electron chi connectivity index (χ0n) is 12.8. The number of carbonyl (C=O) groups excluding carboxylic acids is 1. The Morgan fingerprint density at radius 1 is 1.29 bits per heavy atom. The molecule has 0 unspecified atom stereocenters. The van der Waals surface area contributed by atoms with Crippen LogP contribution in [0.3, 0.4) is 0 Å². The van der Waals surface area contributed by atoms with Crippen molar-refractivity contribution in [3.63, 3.8) is 0 Å². The van der Waals surface area contributed by atoms with E-state index in [9.17, 15) is 18.0 Å². The topological polar surface area (TPSA) is 51.2 Å². The quantitative estimate of drug-likeness (QED) is 0.805. The molecule has 0 spiro atoms. The van der Waals surface area contributed by atoms with Gasteiger partial charge in [0, 0.05) is 12.7 Å². The van der Waals surface area contributed by atoms with Crippen molar-refractivity contribution in [2.45, 2.75) is 17.7 Å². The monoisotopic (exact) mass is 356 g/mol. The first-order valence-electron chi connectivity index (χ1n) is 6.94. The molecule has 2 rings (SSSR count). The number of pyridine rings is 1. The molecule has 1 aromatic carbocycles. The zero-order chi connectivity index (χ0) is 17.6. The Kier molecular flexibility index (Phi) is 6.08. The van der Waals surface area contributed by atoms with E-state index in [-0.39, 0.29) is 11.7 Å². The molecule has 0 aliphatic carbocycles. The zero-order valence-corrected chi connectivity index (χ0v) is 13.6. The molecule has 2 aromatic rings. The number of carbonyl (C=O) groups is 1. The summed E-state index contributed by atoms with van der Waals surface area (Å²) in [6.07, 6.45) is -3.65. The van der Waals surface area contributed by atoms with Crippen LogP contribution in [0, 0.1) is 0 Å². The maximum atomic E-state index is 12.4. The van der Waals surface area contributed by atoms with Crippen molar-refractivity contribution < 1.29 is 22.7 Å². The summed E-state index contributed by atoms with van der Waals surface area (Å²) in [5.74, 6) is 0.539. The number of ether oxygens (including phenoxy) is 1. The van der Waals surface area contributed by atoms with Crippen molar-refractivity contribution in [3.8, 4) is 5.75 Å². The van der Waals surface area contributed by atoms with Crippen molar-refractivity contribution in [2.75, 3.05) is 12.9 Å². The van der Waals surface area contributed by atoms with E-state index in [1.807, 2.05) is 18.2 Å². The molecule has 0 saturated heterocycles. The van der Waals surface area contributed by atoms with Gasteiger partial charge in [-0.1, -0.05) is 23.9 Å². The summed E-state index contributed by atoms with van der Waals surface area (Å²) in [5, 5.41) is 3.09. The van der Waals surface area contributed by atoms with Gasteiger partial charge >= 0.3 is 6.18 Å². The van der Waals surface area contributed by atoms with Crippen molar-refractivity contribution in [1.82, 2.24) is 10.3 Å². The lowest BCUT2D eigenvalue weighted by Gasteiger charge is -2.08. The highest BCUT2D eigenvalue weighted by atomic mass is 32.2. The minimum atomic E-state index is -4.41. The largest absolute Gasteiger partial charge is 0.497 e. The lowest BCUT2D eigenvalue weighted by molar-refractivity contribution is -0.137. The van der Waals surface area contributed by atoms with Crippen LogP contribution in [0.5, 0.6) is 5.75 Å². The fourth-order valence-corrected chi connectivity index (χ4v) is 2.48. The molecular weight excluding hydrogens is 341 g/mol. The van der Waals surface area contributed by atoms with Gasteiger partial charge in [0.15, 0.2) is 0 Å². The van der Waals surface area contributed by atoms with Gasteiger partial charge in [-0.25, -0.2) is 4.98 Å². The number of alkyl halides is 3. The van der Waals surface area contributed by atoms with Crippen LogP contribution in [0.2, 0.25) is 0 Å². The fourth-order valence-electron chi connectivity index (χ4n) is 1.81. The average molecular weight is 356 g/mol. The summed E-state index contributed by atoms with van der Waals surface area (Å²) >= 11 is 1.08. The summed E-state index contributed by atoms with van der Waals surface area (Å²) in [6.45, 7) is 0.344. The van der Waals surface area contributed by atoms with Crippen molar-refractivity contribution >= 4 is 17.7 Å². The Morgan fingerprint density at radius 2 is 2.08 bits per heavy atom. The molecular formula is C16H15F3N2O2S. The van der Waals surface area contributed by atoms with Gasteiger partial charge in [-0.3, -0.25) is 4.79 Å². The van der Waals surface area contributed by atoms with Crippen LogP contribution in [0.15, 0.2) is 47.6 Å². The number of benzene rings is 1. The molecule has 0 fully saturated rings. The Balaban J connectivity index is 1.80. The number of hydrogen-bond acceptors (Lipinski definition) is 4. The van der Waals surface area contributed by atoms with Crippen LogP contribution in [0.1, 0.15) is 11.1 Å². The van der Waals surface area contributed by atoms with Crippen LogP contribution >= 0.6 is 11.8 Å². The molecule has 1 aromatic heterocycles. The van der Waals surface area contributed by atoms with Crippen LogP contribution < -0.4 is 10.1 Å². The van der Waals surface area contributed by atoms with Crippen LogP contribution in [-0.4, -0.2) is 23.8 Å². The molecule has 0 aliphatic rings. The maximum Gasteiger partial charge on any atom is 0.417 e. The van der Waals surface area contributed by atoms with E-state index < -0.39 is 11.7 Å². The fraction of sp³-hybridized carbons (Fsp3) is 0.250. The molecule has 128 valence electrons. The molecule has 0 radical (unpaired) electrons. The van der Waals surface area contributed by atoms with Crippen molar-refractivity contribution in [1.29, 1.82) is 0 Å². The van der Waals surface area contributed by atoms with Gasteiger partial charge in [0.05, 0.1) is 23.5 Å². The Labute approximate surface area is 141 Å². The number of halogens is 3. The van der Waals surface area contributed by atoms with Gasteiger partial charge in [0.2, 0.25) is 5.91 Å². The predicted octanol–water partition coefficient (Wildman–Crippen LogP) is 3.52. The van der Waals surface area contributed by atoms with Gasteiger partial charge in [0.25, 0.3) is 0 Å². The van der Waals surface area contributed by atoms with E-state index in [4.69, 9.17) is 4.74 Å². The highest BCUT2D eigenvalue weighted by Gasteiger charge is 2.30. The minimum absolute atomic E-state index is 0.0718. The molecule has 1 heterocycles. The maximum absolute atomic E-state index is 12.4. The summed E-state index contributed by atoms with van der Waals surface area (Å²) in [7, 11) is 1.56. The Morgan fingerprint density at radius 3 is 2.71 bits per heavy atom. The summed E-state index contributed by atoms with van der Waals surface area (Å²) in [5.41, 5.74) is 0.0784. The van der Waals surface area contributed by atoms with Gasteiger partial charge in [-0.15, -0.1) is 0 Å². The first-order chi connectivity index (χ1) is 11.4. The average Bonchev–Trinajstić information content (AvgIpc) is 2.58.